The molecule has 122 valence electrons. The summed E-state index contributed by atoms with van der Waals surface area (Å²) in [6.07, 6.45) is 1.61. The lowest BCUT2D eigenvalue weighted by atomic mass is 10.2. The van der Waals surface area contributed by atoms with Gasteiger partial charge in [-0.05, 0) is 29.8 Å². The Hall–Kier alpha value is -2.12. The van der Waals surface area contributed by atoms with Gasteiger partial charge in [-0.25, -0.2) is 10.4 Å². The summed E-state index contributed by atoms with van der Waals surface area (Å²) in [4.78, 5) is 16.4. The molecule has 0 aliphatic carbocycles. The van der Waals surface area contributed by atoms with E-state index >= 15 is 0 Å². The van der Waals surface area contributed by atoms with Crippen LogP contribution in [0.15, 0.2) is 63.3 Å². The SMILES string of the molecule is Cn1c(SCC(=O)NN=Cc2cccc(Br)c2)nc2ccccc21. The van der Waals surface area contributed by atoms with Gasteiger partial charge in [0, 0.05) is 11.5 Å². The lowest BCUT2D eigenvalue weighted by Gasteiger charge is -2.01. The van der Waals surface area contributed by atoms with Gasteiger partial charge < -0.3 is 4.57 Å². The Morgan fingerprint density at radius 1 is 1.33 bits per heavy atom. The molecule has 1 aromatic heterocycles. The van der Waals surface area contributed by atoms with Crippen molar-refractivity contribution in [3.05, 3.63) is 58.6 Å². The largest absolute Gasteiger partial charge is 0.322 e. The Morgan fingerprint density at radius 2 is 2.17 bits per heavy atom. The van der Waals surface area contributed by atoms with E-state index in [1.165, 1.54) is 11.8 Å². The summed E-state index contributed by atoms with van der Waals surface area (Å²) < 4.78 is 2.95. The van der Waals surface area contributed by atoms with E-state index in [0.29, 0.717) is 0 Å². The second-order valence-electron chi connectivity index (χ2n) is 5.08. The summed E-state index contributed by atoms with van der Waals surface area (Å²) in [7, 11) is 1.95. The number of thioether (sulfide) groups is 1. The summed E-state index contributed by atoms with van der Waals surface area (Å²) in [5.74, 6) is 0.0887. The standard InChI is InChI=1S/C17H15BrN4OS/c1-22-15-8-3-2-7-14(15)20-17(22)24-11-16(23)21-19-10-12-5-4-6-13(18)9-12/h2-10H,11H2,1H3,(H,21,23). The van der Waals surface area contributed by atoms with Crippen molar-refractivity contribution >= 4 is 50.8 Å². The molecule has 0 atom stereocenters. The predicted molar refractivity (Wildman–Crippen MR) is 101 cm³/mol. The van der Waals surface area contributed by atoms with Crippen LogP contribution in [0.5, 0.6) is 0 Å². The summed E-state index contributed by atoms with van der Waals surface area (Å²) in [5, 5.41) is 4.78. The number of carbonyl (C=O) groups excluding carboxylic acids is 1. The molecule has 3 rings (SSSR count). The van der Waals surface area contributed by atoms with E-state index in [-0.39, 0.29) is 11.7 Å². The summed E-state index contributed by atoms with van der Waals surface area (Å²) in [6.45, 7) is 0. The third-order valence-corrected chi connectivity index (χ3v) is 4.85. The van der Waals surface area contributed by atoms with E-state index in [1.807, 2.05) is 60.1 Å². The van der Waals surface area contributed by atoms with Crippen LogP contribution in [-0.2, 0) is 11.8 Å². The van der Waals surface area contributed by atoms with Gasteiger partial charge in [0.05, 0.1) is 23.0 Å². The van der Waals surface area contributed by atoms with Crippen molar-refractivity contribution in [1.82, 2.24) is 15.0 Å². The molecule has 3 aromatic rings. The molecule has 0 aliphatic rings. The average Bonchev–Trinajstić information content (AvgIpc) is 2.90. The Labute approximate surface area is 152 Å². The monoisotopic (exact) mass is 402 g/mol. The first kappa shape index (κ1) is 16.7. The molecule has 0 saturated heterocycles. The number of nitrogens with zero attached hydrogens (tertiary/aromatic N) is 3. The number of carbonyl (C=O) groups is 1. The number of amides is 1. The fraction of sp³-hybridized carbons (Fsp3) is 0.118. The number of benzene rings is 2. The highest BCUT2D eigenvalue weighted by Gasteiger charge is 2.09. The molecule has 2 aromatic carbocycles. The van der Waals surface area contributed by atoms with Crippen LogP contribution in [0.1, 0.15) is 5.56 Å². The predicted octanol–water partition coefficient (Wildman–Crippen LogP) is 3.58. The van der Waals surface area contributed by atoms with Crippen molar-refractivity contribution in [1.29, 1.82) is 0 Å². The highest BCUT2D eigenvalue weighted by Crippen LogP contribution is 2.22. The van der Waals surface area contributed by atoms with Gasteiger partial charge in [0.2, 0.25) is 0 Å². The van der Waals surface area contributed by atoms with Crippen molar-refractivity contribution in [2.24, 2.45) is 12.1 Å². The topological polar surface area (TPSA) is 59.3 Å². The van der Waals surface area contributed by atoms with Crippen LogP contribution in [0.4, 0.5) is 0 Å². The molecule has 5 nitrogen and oxygen atoms in total. The van der Waals surface area contributed by atoms with Gasteiger partial charge in [-0.3, -0.25) is 4.79 Å². The van der Waals surface area contributed by atoms with Gasteiger partial charge in [0.1, 0.15) is 0 Å². The molecule has 7 heteroatoms. The Morgan fingerprint density at radius 3 is 2.96 bits per heavy atom. The number of hydrogen-bond acceptors (Lipinski definition) is 4. The first-order valence-corrected chi connectivity index (χ1v) is 9.03. The van der Waals surface area contributed by atoms with E-state index in [1.54, 1.807) is 6.21 Å². The van der Waals surface area contributed by atoms with Crippen LogP contribution >= 0.6 is 27.7 Å². The highest BCUT2D eigenvalue weighted by atomic mass is 79.9. The first-order chi connectivity index (χ1) is 11.6. The van der Waals surface area contributed by atoms with Crippen molar-refractivity contribution < 1.29 is 4.79 Å². The Balaban J connectivity index is 1.56. The molecule has 0 aliphatic heterocycles. The molecule has 0 unspecified atom stereocenters. The molecule has 0 radical (unpaired) electrons. The first-order valence-electron chi connectivity index (χ1n) is 7.25. The zero-order valence-electron chi connectivity index (χ0n) is 12.9. The Kier molecular flexibility index (Phi) is 5.32. The van der Waals surface area contributed by atoms with E-state index in [0.717, 1.165) is 26.2 Å². The van der Waals surface area contributed by atoms with Crippen LogP contribution in [0, 0.1) is 0 Å². The highest BCUT2D eigenvalue weighted by molar-refractivity contribution is 9.10. The lowest BCUT2D eigenvalue weighted by molar-refractivity contribution is -0.118. The van der Waals surface area contributed by atoms with Gasteiger partial charge in [-0.15, -0.1) is 0 Å². The molecule has 1 amide bonds. The molecule has 0 spiro atoms. The van der Waals surface area contributed by atoms with Crippen molar-refractivity contribution in [3.8, 4) is 0 Å². The zero-order valence-corrected chi connectivity index (χ0v) is 15.3. The van der Waals surface area contributed by atoms with Crippen LogP contribution in [0.2, 0.25) is 0 Å². The molecule has 0 saturated carbocycles. The quantitative estimate of drug-likeness (QED) is 0.403. The number of aromatic nitrogens is 2. The third kappa shape index (κ3) is 4.04. The molecule has 0 fully saturated rings. The second kappa shape index (κ2) is 7.63. The number of fused-ring (bicyclic) bond motifs is 1. The van der Waals surface area contributed by atoms with Gasteiger partial charge in [0.15, 0.2) is 5.16 Å². The number of nitrogens with one attached hydrogen (secondary N) is 1. The van der Waals surface area contributed by atoms with Crippen LogP contribution in [0.25, 0.3) is 11.0 Å². The molecule has 24 heavy (non-hydrogen) atoms. The molecular formula is C17H15BrN4OS. The van der Waals surface area contributed by atoms with Crippen LogP contribution < -0.4 is 5.43 Å². The van der Waals surface area contributed by atoms with Gasteiger partial charge in [-0.1, -0.05) is 52.0 Å². The van der Waals surface area contributed by atoms with E-state index in [4.69, 9.17) is 0 Å². The molecular weight excluding hydrogens is 388 g/mol. The minimum absolute atomic E-state index is 0.168. The second-order valence-corrected chi connectivity index (χ2v) is 6.94. The van der Waals surface area contributed by atoms with Crippen LogP contribution in [0.3, 0.4) is 0 Å². The average molecular weight is 403 g/mol. The maximum absolute atomic E-state index is 11.9. The third-order valence-electron chi connectivity index (χ3n) is 3.33. The number of hydrazone groups is 1. The summed E-state index contributed by atoms with van der Waals surface area (Å²) in [6, 6.07) is 15.6. The van der Waals surface area contributed by atoms with Gasteiger partial charge in [-0.2, -0.15) is 5.10 Å². The minimum Gasteiger partial charge on any atom is -0.322 e. The smallest absolute Gasteiger partial charge is 0.250 e. The molecule has 0 bridgehead atoms. The van der Waals surface area contributed by atoms with Gasteiger partial charge >= 0.3 is 0 Å². The van der Waals surface area contributed by atoms with Crippen molar-refractivity contribution in [2.75, 3.05) is 5.75 Å². The van der Waals surface area contributed by atoms with Crippen molar-refractivity contribution in [3.63, 3.8) is 0 Å². The van der Waals surface area contributed by atoms with E-state index in [9.17, 15) is 4.79 Å². The van der Waals surface area contributed by atoms with Crippen molar-refractivity contribution in [2.45, 2.75) is 5.16 Å². The minimum atomic E-state index is -0.168. The normalized spacial score (nSPS) is 11.2. The van der Waals surface area contributed by atoms with Gasteiger partial charge in [0.25, 0.3) is 5.91 Å². The van der Waals surface area contributed by atoms with E-state index < -0.39 is 0 Å². The number of hydrogen-bond donors (Lipinski definition) is 1. The fourth-order valence-corrected chi connectivity index (χ4v) is 3.38. The number of aryl methyl sites for hydroxylation is 1. The number of para-hydroxylation sites is 2. The number of rotatable bonds is 5. The summed E-state index contributed by atoms with van der Waals surface area (Å²) >= 11 is 4.78. The zero-order chi connectivity index (χ0) is 16.9. The maximum atomic E-state index is 11.9. The Bertz CT molecular complexity index is 906. The van der Waals surface area contributed by atoms with E-state index in [2.05, 4.69) is 31.4 Å². The molecule has 1 N–H and O–H groups in total. The fourth-order valence-electron chi connectivity index (χ4n) is 2.18. The maximum Gasteiger partial charge on any atom is 0.250 e. The lowest BCUT2D eigenvalue weighted by Crippen LogP contribution is -2.19. The molecule has 1 heterocycles. The summed E-state index contributed by atoms with van der Waals surface area (Å²) in [5.41, 5.74) is 5.42. The number of imidazole rings is 1. The van der Waals surface area contributed by atoms with Crippen LogP contribution in [-0.4, -0.2) is 27.4 Å². The number of halogens is 1.